The van der Waals surface area contributed by atoms with Crippen molar-refractivity contribution < 1.29 is 4.74 Å². The third kappa shape index (κ3) is 2.59. The van der Waals surface area contributed by atoms with E-state index in [-0.39, 0.29) is 0 Å². The van der Waals surface area contributed by atoms with E-state index in [0.717, 1.165) is 24.2 Å². The molecule has 19 heavy (non-hydrogen) atoms. The number of nitriles is 1. The Labute approximate surface area is 115 Å². The van der Waals surface area contributed by atoms with Crippen LogP contribution in [-0.2, 0) is 0 Å². The minimum absolute atomic E-state index is 0.413. The third-order valence-corrected chi connectivity index (χ3v) is 4.24. The van der Waals surface area contributed by atoms with Crippen LogP contribution in [0.1, 0.15) is 29.5 Å². The minimum atomic E-state index is -0.539. The van der Waals surface area contributed by atoms with Gasteiger partial charge in [0.05, 0.1) is 6.07 Å². The molecule has 1 aromatic carbocycles. The first kappa shape index (κ1) is 13.9. The zero-order chi connectivity index (χ0) is 14.0. The smallest absolute Gasteiger partial charge is 0.143 e. The van der Waals surface area contributed by atoms with Gasteiger partial charge in [0.1, 0.15) is 17.9 Å². The molecule has 0 aliphatic heterocycles. The van der Waals surface area contributed by atoms with Gasteiger partial charge in [-0.05, 0) is 63.3 Å². The molecule has 1 aliphatic rings. The summed E-state index contributed by atoms with van der Waals surface area (Å²) in [6.45, 7) is 6.61. The van der Waals surface area contributed by atoms with Crippen LogP contribution in [-0.4, -0.2) is 19.2 Å². The quantitative estimate of drug-likeness (QED) is 0.883. The molecule has 0 bridgehead atoms. The molecule has 0 aromatic heterocycles. The Hall–Kier alpha value is -1.53. The van der Waals surface area contributed by atoms with E-state index in [0.29, 0.717) is 12.5 Å². The number of ether oxygens (including phenoxy) is 1. The van der Waals surface area contributed by atoms with Gasteiger partial charge in [0.2, 0.25) is 0 Å². The number of benzene rings is 1. The number of rotatable bonds is 5. The molecular formula is C16H22N2O. The fourth-order valence-corrected chi connectivity index (χ4v) is 2.48. The van der Waals surface area contributed by atoms with Crippen molar-refractivity contribution >= 4 is 0 Å². The number of nitrogens with zero attached hydrogens (tertiary/aromatic N) is 1. The van der Waals surface area contributed by atoms with Crippen molar-refractivity contribution in [1.82, 2.24) is 5.32 Å². The van der Waals surface area contributed by atoms with Crippen LogP contribution in [0.3, 0.4) is 0 Å². The van der Waals surface area contributed by atoms with Crippen molar-refractivity contribution in [3.05, 3.63) is 28.8 Å². The van der Waals surface area contributed by atoms with Crippen LogP contribution in [0, 0.1) is 38.0 Å². The summed E-state index contributed by atoms with van der Waals surface area (Å²) in [4.78, 5) is 0. The van der Waals surface area contributed by atoms with Crippen LogP contribution < -0.4 is 10.1 Å². The largest absolute Gasteiger partial charge is 0.490 e. The zero-order valence-corrected chi connectivity index (χ0v) is 12.2. The molecule has 1 atom stereocenters. The van der Waals surface area contributed by atoms with Crippen molar-refractivity contribution in [1.29, 1.82) is 5.26 Å². The molecule has 0 radical (unpaired) electrons. The van der Waals surface area contributed by atoms with E-state index in [1.165, 1.54) is 11.1 Å². The SMILES string of the molecule is CNC(C#N)(COc1c(C)ccc(C)c1C)C1CC1. The fraction of sp³-hybridized carbons (Fsp3) is 0.562. The maximum atomic E-state index is 9.47. The molecule has 1 fully saturated rings. The Bertz CT molecular complexity index is 514. The van der Waals surface area contributed by atoms with Gasteiger partial charge < -0.3 is 4.74 Å². The van der Waals surface area contributed by atoms with Crippen LogP contribution in [0.5, 0.6) is 5.75 Å². The molecule has 1 unspecified atom stereocenters. The lowest BCUT2D eigenvalue weighted by atomic mass is 9.96. The number of aryl methyl sites for hydroxylation is 2. The average molecular weight is 258 g/mol. The first-order chi connectivity index (χ1) is 9.04. The molecule has 1 N–H and O–H groups in total. The Morgan fingerprint density at radius 2 is 1.95 bits per heavy atom. The second kappa shape index (κ2) is 5.22. The lowest BCUT2D eigenvalue weighted by Gasteiger charge is -2.27. The highest BCUT2D eigenvalue weighted by molar-refractivity contribution is 5.44. The van der Waals surface area contributed by atoms with Gasteiger partial charge in [-0.2, -0.15) is 5.26 Å². The van der Waals surface area contributed by atoms with Gasteiger partial charge in [-0.3, -0.25) is 5.32 Å². The molecule has 0 spiro atoms. The predicted octanol–water partition coefficient (Wildman–Crippen LogP) is 2.88. The summed E-state index contributed by atoms with van der Waals surface area (Å²) in [7, 11) is 1.85. The highest BCUT2D eigenvalue weighted by Crippen LogP contribution is 2.40. The van der Waals surface area contributed by atoms with Crippen LogP contribution in [0.2, 0.25) is 0 Å². The number of nitrogens with one attached hydrogen (secondary N) is 1. The van der Waals surface area contributed by atoms with E-state index in [9.17, 15) is 5.26 Å². The summed E-state index contributed by atoms with van der Waals surface area (Å²) in [5.74, 6) is 1.35. The standard InChI is InChI=1S/C16H22N2O/c1-11-5-6-12(2)15(13(11)3)19-10-16(9-17,18-4)14-7-8-14/h5-6,14,18H,7-8,10H2,1-4H3. The topological polar surface area (TPSA) is 45.0 Å². The Morgan fingerprint density at radius 1 is 1.32 bits per heavy atom. The molecule has 0 heterocycles. The molecular weight excluding hydrogens is 236 g/mol. The lowest BCUT2D eigenvalue weighted by Crippen LogP contribution is -2.49. The summed E-state index contributed by atoms with van der Waals surface area (Å²) in [5.41, 5.74) is 2.97. The van der Waals surface area contributed by atoms with Crippen molar-refractivity contribution in [2.75, 3.05) is 13.7 Å². The summed E-state index contributed by atoms with van der Waals surface area (Å²) in [6, 6.07) is 6.59. The van der Waals surface area contributed by atoms with E-state index in [1.54, 1.807) is 0 Å². The van der Waals surface area contributed by atoms with Crippen LogP contribution in [0.4, 0.5) is 0 Å². The summed E-state index contributed by atoms with van der Waals surface area (Å²) in [6.07, 6.45) is 2.23. The normalized spacial score (nSPS) is 17.6. The molecule has 1 aromatic rings. The third-order valence-electron chi connectivity index (χ3n) is 4.24. The molecule has 102 valence electrons. The van der Waals surface area contributed by atoms with Gasteiger partial charge in [0, 0.05) is 0 Å². The zero-order valence-electron chi connectivity index (χ0n) is 12.2. The lowest BCUT2D eigenvalue weighted by molar-refractivity contribution is 0.208. The Morgan fingerprint density at radius 3 is 2.47 bits per heavy atom. The van der Waals surface area contributed by atoms with E-state index in [1.807, 2.05) is 14.0 Å². The second-order valence-electron chi connectivity index (χ2n) is 5.55. The van der Waals surface area contributed by atoms with Gasteiger partial charge in [0.15, 0.2) is 0 Å². The highest BCUT2D eigenvalue weighted by atomic mass is 16.5. The molecule has 1 saturated carbocycles. The Kier molecular flexibility index (Phi) is 3.82. The first-order valence-corrected chi connectivity index (χ1v) is 6.84. The number of hydrogen-bond acceptors (Lipinski definition) is 3. The molecule has 1 aliphatic carbocycles. The van der Waals surface area contributed by atoms with E-state index in [2.05, 4.69) is 37.4 Å². The molecule has 0 saturated heterocycles. The molecule has 2 rings (SSSR count). The van der Waals surface area contributed by atoms with E-state index < -0.39 is 5.54 Å². The van der Waals surface area contributed by atoms with Crippen LogP contribution in [0.25, 0.3) is 0 Å². The minimum Gasteiger partial charge on any atom is -0.490 e. The van der Waals surface area contributed by atoms with Crippen LogP contribution in [0.15, 0.2) is 12.1 Å². The highest BCUT2D eigenvalue weighted by Gasteiger charge is 2.45. The van der Waals surface area contributed by atoms with Gasteiger partial charge in [-0.1, -0.05) is 12.1 Å². The second-order valence-corrected chi connectivity index (χ2v) is 5.55. The predicted molar refractivity (Wildman–Crippen MR) is 76.3 cm³/mol. The van der Waals surface area contributed by atoms with Crippen LogP contribution >= 0.6 is 0 Å². The van der Waals surface area contributed by atoms with Crippen molar-refractivity contribution in [2.45, 2.75) is 39.2 Å². The molecule has 3 nitrogen and oxygen atoms in total. The monoisotopic (exact) mass is 258 g/mol. The van der Waals surface area contributed by atoms with Gasteiger partial charge in [-0.25, -0.2) is 0 Å². The Balaban J connectivity index is 2.18. The fourth-order valence-electron chi connectivity index (χ4n) is 2.48. The van der Waals surface area contributed by atoms with Gasteiger partial charge in [0.25, 0.3) is 0 Å². The van der Waals surface area contributed by atoms with Gasteiger partial charge in [-0.15, -0.1) is 0 Å². The first-order valence-electron chi connectivity index (χ1n) is 6.84. The summed E-state index contributed by atoms with van der Waals surface area (Å²) in [5, 5.41) is 12.6. The van der Waals surface area contributed by atoms with Crippen molar-refractivity contribution in [2.24, 2.45) is 5.92 Å². The number of hydrogen-bond donors (Lipinski definition) is 1. The molecule has 0 amide bonds. The summed E-state index contributed by atoms with van der Waals surface area (Å²) >= 11 is 0. The van der Waals surface area contributed by atoms with E-state index >= 15 is 0 Å². The van der Waals surface area contributed by atoms with Crippen molar-refractivity contribution in [3.8, 4) is 11.8 Å². The average Bonchev–Trinajstić information content (AvgIpc) is 3.24. The number of likely N-dealkylation sites (N-methyl/N-ethyl adjacent to an activating group) is 1. The summed E-state index contributed by atoms with van der Waals surface area (Å²) < 4.78 is 6.01. The van der Waals surface area contributed by atoms with E-state index in [4.69, 9.17) is 4.74 Å². The maximum absolute atomic E-state index is 9.47. The molecule has 3 heteroatoms. The van der Waals surface area contributed by atoms with Gasteiger partial charge >= 0.3 is 0 Å². The van der Waals surface area contributed by atoms with Crippen molar-refractivity contribution in [3.63, 3.8) is 0 Å². The maximum Gasteiger partial charge on any atom is 0.143 e.